The van der Waals surface area contributed by atoms with Crippen LogP contribution in [-0.4, -0.2) is 10.5 Å². The summed E-state index contributed by atoms with van der Waals surface area (Å²) in [6.07, 6.45) is 1.41. The average Bonchev–Trinajstić information content (AvgIpc) is 2.72. The number of aryl methyl sites for hydroxylation is 1. The number of halogens is 2. The number of aromatic nitrogens is 1. The van der Waals surface area contributed by atoms with Gasteiger partial charge < -0.3 is 4.74 Å². The second kappa shape index (κ2) is 7.53. The van der Waals surface area contributed by atoms with Crippen molar-refractivity contribution in [2.75, 3.05) is 0 Å². The quantitative estimate of drug-likeness (QED) is 0.341. The maximum absolute atomic E-state index is 13.3. The molecule has 0 atom stereocenters. The van der Waals surface area contributed by atoms with E-state index in [1.807, 2.05) is 13.0 Å². The zero-order valence-corrected chi connectivity index (χ0v) is 16.1. The summed E-state index contributed by atoms with van der Waals surface area (Å²) in [5.74, 6) is -0.832. The van der Waals surface area contributed by atoms with Crippen LogP contribution in [0.2, 0.25) is 5.02 Å². The van der Waals surface area contributed by atoms with Crippen LogP contribution in [0.15, 0.2) is 77.7 Å². The first kappa shape index (κ1) is 18.9. The monoisotopic (exact) mass is 407 g/mol. The van der Waals surface area contributed by atoms with Crippen LogP contribution in [0.25, 0.3) is 16.5 Å². The number of carbonyl (C=O) groups excluding carboxylic acids is 1. The lowest BCUT2D eigenvalue weighted by Crippen LogP contribution is -2.22. The van der Waals surface area contributed by atoms with Crippen molar-refractivity contribution in [3.63, 3.8) is 0 Å². The van der Waals surface area contributed by atoms with Crippen molar-refractivity contribution < 1.29 is 13.9 Å². The number of pyridine rings is 1. The lowest BCUT2D eigenvalue weighted by atomic mass is 10.1. The van der Waals surface area contributed by atoms with E-state index >= 15 is 0 Å². The molecule has 4 aromatic rings. The highest BCUT2D eigenvalue weighted by atomic mass is 35.5. The minimum absolute atomic E-state index is 0.196. The molecule has 0 fully saturated rings. The molecule has 3 aromatic carbocycles. The van der Waals surface area contributed by atoms with Gasteiger partial charge in [0.25, 0.3) is 5.56 Å². The highest BCUT2D eigenvalue weighted by molar-refractivity contribution is 6.32. The molecule has 1 aromatic heterocycles. The predicted octanol–water partition coefficient (Wildman–Crippen LogP) is 5.31. The van der Waals surface area contributed by atoms with Gasteiger partial charge in [-0.1, -0.05) is 35.9 Å². The van der Waals surface area contributed by atoms with E-state index in [0.717, 1.165) is 5.56 Å². The number of rotatable bonds is 3. The highest BCUT2D eigenvalue weighted by Crippen LogP contribution is 2.27. The maximum Gasteiger partial charge on any atom is 0.345 e. The van der Waals surface area contributed by atoms with Crippen molar-refractivity contribution in [3.05, 3.63) is 105 Å². The van der Waals surface area contributed by atoms with Crippen LogP contribution in [0.1, 0.15) is 15.9 Å². The number of nitrogens with zero attached hydrogens (tertiary/aromatic N) is 1. The fourth-order valence-corrected chi connectivity index (χ4v) is 3.25. The minimum atomic E-state index is -0.649. The van der Waals surface area contributed by atoms with Crippen LogP contribution < -0.4 is 10.3 Å². The van der Waals surface area contributed by atoms with Gasteiger partial charge in [0.1, 0.15) is 11.6 Å². The predicted molar refractivity (Wildman–Crippen MR) is 111 cm³/mol. The van der Waals surface area contributed by atoms with Gasteiger partial charge in [0.05, 0.1) is 10.6 Å². The smallest absolute Gasteiger partial charge is 0.345 e. The largest absolute Gasteiger partial charge is 0.421 e. The van der Waals surface area contributed by atoms with Gasteiger partial charge >= 0.3 is 5.97 Å². The zero-order valence-electron chi connectivity index (χ0n) is 15.4. The maximum atomic E-state index is 13.3. The van der Waals surface area contributed by atoms with Gasteiger partial charge in [0.2, 0.25) is 0 Å². The molecular weight excluding hydrogens is 393 g/mol. The molecule has 0 spiro atoms. The van der Waals surface area contributed by atoms with Crippen LogP contribution in [-0.2, 0) is 0 Å². The third-order valence-electron chi connectivity index (χ3n) is 4.54. The summed E-state index contributed by atoms with van der Waals surface area (Å²) in [5, 5.41) is 1.12. The standard InChI is InChI=1S/C23H15ClFNO3/c1-14-6-11-20(24)21(12-14)29-23(28)19-13-26(16-9-7-15(25)8-10-16)22(27)18-5-3-2-4-17(18)19/h2-13H,1H3. The van der Waals surface area contributed by atoms with Crippen molar-refractivity contribution in [1.29, 1.82) is 0 Å². The van der Waals surface area contributed by atoms with E-state index in [9.17, 15) is 14.0 Å². The normalized spacial score (nSPS) is 10.9. The van der Waals surface area contributed by atoms with E-state index in [1.54, 1.807) is 36.4 Å². The van der Waals surface area contributed by atoms with Crippen molar-refractivity contribution in [2.24, 2.45) is 0 Å². The first-order chi connectivity index (χ1) is 13.9. The molecule has 0 aliphatic heterocycles. The van der Waals surface area contributed by atoms with Crippen LogP contribution in [0.4, 0.5) is 4.39 Å². The Hall–Kier alpha value is -3.44. The minimum Gasteiger partial charge on any atom is -0.421 e. The Morgan fingerprint density at radius 3 is 2.41 bits per heavy atom. The molecule has 1 heterocycles. The molecule has 0 amide bonds. The summed E-state index contributed by atoms with van der Waals surface area (Å²) < 4.78 is 20.1. The van der Waals surface area contributed by atoms with E-state index in [4.69, 9.17) is 16.3 Å². The van der Waals surface area contributed by atoms with Crippen molar-refractivity contribution in [2.45, 2.75) is 6.92 Å². The van der Waals surface area contributed by atoms with Crippen LogP contribution in [0.5, 0.6) is 5.75 Å². The van der Waals surface area contributed by atoms with Gasteiger partial charge in [-0.2, -0.15) is 0 Å². The number of hydrogen-bond acceptors (Lipinski definition) is 3. The summed E-state index contributed by atoms with van der Waals surface area (Å²) in [6, 6.07) is 17.3. The molecule has 29 heavy (non-hydrogen) atoms. The van der Waals surface area contributed by atoms with E-state index < -0.39 is 11.8 Å². The molecule has 0 aliphatic carbocycles. The van der Waals surface area contributed by atoms with Crippen molar-refractivity contribution in [3.8, 4) is 11.4 Å². The van der Waals surface area contributed by atoms with Gasteiger partial charge in [0, 0.05) is 22.7 Å². The molecule has 144 valence electrons. The fraction of sp³-hybridized carbons (Fsp3) is 0.0435. The Balaban J connectivity index is 1.88. The summed E-state index contributed by atoms with van der Waals surface area (Å²) in [4.78, 5) is 25.9. The molecule has 0 saturated heterocycles. The third kappa shape index (κ3) is 3.65. The molecule has 0 bridgehead atoms. The van der Waals surface area contributed by atoms with Crippen LogP contribution in [0.3, 0.4) is 0 Å². The Bertz CT molecular complexity index is 1300. The average molecular weight is 408 g/mol. The van der Waals surface area contributed by atoms with Gasteiger partial charge in [0.15, 0.2) is 0 Å². The van der Waals surface area contributed by atoms with Gasteiger partial charge in [-0.3, -0.25) is 9.36 Å². The number of carbonyl (C=O) groups is 1. The van der Waals surface area contributed by atoms with Crippen LogP contribution >= 0.6 is 11.6 Å². The molecule has 6 heteroatoms. The highest BCUT2D eigenvalue weighted by Gasteiger charge is 2.18. The lowest BCUT2D eigenvalue weighted by molar-refractivity contribution is 0.0736. The number of fused-ring (bicyclic) bond motifs is 1. The zero-order chi connectivity index (χ0) is 20.5. The molecule has 0 saturated carbocycles. The Morgan fingerprint density at radius 1 is 1.00 bits per heavy atom. The van der Waals surface area contributed by atoms with Crippen molar-refractivity contribution in [1.82, 2.24) is 4.57 Å². The molecule has 0 aliphatic rings. The van der Waals surface area contributed by atoms with E-state index in [2.05, 4.69) is 0 Å². The number of esters is 1. The summed E-state index contributed by atoms with van der Waals surface area (Å²) in [7, 11) is 0. The van der Waals surface area contributed by atoms with Crippen LogP contribution in [0, 0.1) is 12.7 Å². The third-order valence-corrected chi connectivity index (χ3v) is 4.85. The molecule has 0 N–H and O–H groups in total. The number of benzene rings is 3. The Morgan fingerprint density at radius 2 is 1.69 bits per heavy atom. The van der Waals surface area contributed by atoms with Gasteiger partial charge in [-0.05, 0) is 55.0 Å². The number of ether oxygens (including phenoxy) is 1. The SMILES string of the molecule is Cc1ccc(Cl)c(OC(=O)c2cn(-c3ccc(F)cc3)c(=O)c3ccccc23)c1. The molecule has 0 radical (unpaired) electrons. The van der Waals surface area contributed by atoms with E-state index in [0.29, 0.717) is 21.5 Å². The van der Waals surface area contributed by atoms with Gasteiger partial charge in [-0.25, -0.2) is 9.18 Å². The lowest BCUT2D eigenvalue weighted by Gasteiger charge is -2.13. The van der Waals surface area contributed by atoms with E-state index in [-0.39, 0.29) is 16.9 Å². The first-order valence-electron chi connectivity index (χ1n) is 8.83. The molecule has 4 rings (SSSR count). The summed E-state index contributed by atoms with van der Waals surface area (Å²) in [6.45, 7) is 1.86. The second-order valence-electron chi connectivity index (χ2n) is 6.56. The second-order valence-corrected chi connectivity index (χ2v) is 6.97. The Labute approximate surface area is 170 Å². The summed E-state index contributed by atoms with van der Waals surface area (Å²) >= 11 is 6.15. The summed E-state index contributed by atoms with van der Waals surface area (Å²) in [5.41, 5.74) is 1.20. The Kier molecular flexibility index (Phi) is 4.91. The topological polar surface area (TPSA) is 48.3 Å². The molecule has 4 nitrogen and oxygen atoms in total. The molecule has 0 unspecified atom stereocenters. The fourth-order valence-electron chi connectivity index (χ4n) is 3.09. The first-order valence-corrected chi connectivity index (χ1v) is 9.20. The van der Waals surface area contributed by atoms with E-state index in [1.165, 1.54) is 35.0 Å². The van der Waals surface area contributed by atoms with Gasteiger partial charge in [-0.15, -0.1) is 0 Å². The molecular formula is C23H15ClFNO3. The number of hydrogen-bond donors (Lipinski definition) is 0. The van der Waals surface area contributed by atoms with Crippen molar-refractivity contribution >= 4 is 28.3 Å².